The highest BCUT2D eigenvalue weighted by molar-refractivity contribution is 5.61. The Morgan fingerprint density at radius 3 is 2.85 bits per heavy atom. The van der Waals surface area contributed by atoms with Crippen LogP contribution in [0.1, 0.15) is 11.4 Å². The number of aromatic nitrogens is 4. The number of fused-ring (bicyclic) bond motifs is 1. The molecular weight excluding hydrogens is 168 g/mol. The van der Waals surface area contributed by atoms with Gasteiger partial charge in [0.25, 0.3) is 0 Å². The van der Waals surface area contributed by atoms with Crippen LogP contribution in [0.2, 0.25) is 0 Å². The minimum Gasteiger partial charge on any atom is -0.710 e. The molecule has 2 rings (SSSR count). The number of nitrogens with zero attached hydrogens (tertiary/aromatic N) is 4. The summed E-state index contributed by atoms with van der Waals surface area (Å²) in [6, 6.07) is 0. The van der Waals surface area contributed by atoms with Crippen LogP contribution in [0.4, 0.5) is 0 Å². The van der Waals surface area contributed by atoms with E-state index in [-0.39, 0.29) is 0 Å². The second-order valence-electron chi connectivity index (χ2n) is 3.08. The molecule has 68 valence electrons. The summed E-state index contributed by atoms with van der Waals surface area (Å²) in [6.45, 7) is 3.56. The second-order valence-corrected chi connectivity index (χ2v) is 3.08. The van der Waals surface area contributed by atoms with Gasteiger partial charge in [-0.15, -0.1) is 0 Å². The summed E-state index contributed by atoms with van der Waals surface area (Å²) in [5, 5.41) is 11.6. The van der Waals surface area contributed by atoms with Gasteiger partial charge in [0.1, 0.15) is 5.69 Å². The van der Waals surface area contributed by atoms with Crippen LogP contribution >= 0.6 is 0 Å². The van der Waals surface area contributed by atoms with Gasteiger partial charge in [-0.3, -0.25) is 4.57 Å². The minimum absolute atomic E-state index is 0.380. The van der Waals surface area contributed by atoms with E-state index >= 15 is 0 Å². The summed E-state index contributed by atoms with van der Waals surface area (Å²) in [5.41, 5.74) is 2.35. The molecule has 0 amide bonds. The van der Waals surface area contributed by atoms with E-state index in [2.05, 4.69) is 9.97 Å². The highest BCUT2D eigenvalue weighted by Crippen LogP contribution is 2.06. The van der Waals surface area contributed by atoms with Crippen molar-refractivity contribution in [3.8, 4) is 0 Å². The van der Waals surface area contributed by atoms with Crippen LogP contribution in [0, 0.1) is 19.1 Å². The monoisotopic (exact) mass is 178 g/mol. The third-order valence-corrected chi connectivity index (χ3v) is 2.18. The summed E-state index contributed by atoms with van der Waals surface area (Å²) < 4.78 is 2.55. The van der Waals surface area contributed by atoms with E-state index in [1.54, 1.807) is 17.8 Å². The second kappa shape index (κ2) is 2.42. The Morgan fingerprint density at radius 2 is 2.15 bits per heavy atom. The average molecular weight is 178 g/mol. The first kappa shape index (κ1) is 7.97. The molecule has 0 radical (unpaired) electrons. The molecule has 5 nitrogen and oxygen atoms in total. The van der Waals surface area contributed by atoms with Crippen molar-refractivity contribution >= 4 is 11.3 Å². The van der Waals surface area contributed by atoms with Gasteiger partial charge in [-0.1, -0.05) is 0 Å². The predicted octanol–water partition coefficient (Wildman–Crippen LogP) is 0.219. The first-order valence-corrected chi connectivity index (χ1v) is 3.99. The lowest BCUT2D eigenvalue weighted by atomic mass is 10.3. The summed E-state index contributed by atoms with van der Waals surface area (Å²) in [7, 11) is 1.82. The van der Waals surface area contributed by atoms with Crippen molar-refractivity contribution in [2.45, 2.75) is 13.8 Å². The summed E-state index contributed by atoms with van der Waals surface area (Å²) >= 11 is 0. The first-order chi connectivity index (χ1) is 6.11. The molecule has 2 heterocycles. The molecule has 0 N–H and O–H groups in total. The summed E-state index contributed by atoms with van der Waals surface area (Å²) in [4.78, 5) is 8.25. The van der Waals surface area contributed by atoms with Gasteiger partial charge >= 0.3 is 5.65 Å². The molecule has 0 saturated carbocycles. The van der Waals surface area contributed by atoms with Crippen LogP contribution in [-0.4, -0.2) is 14.5 Å². The zero-order chi connectivity index (χ0) is 9.59. The molecule has 0 aromatic carbocycles. The Bertz CT molecular complexity index is 474. The molecule has 0 aliphatic heterocycles. The molecule has 2 aromatic heterocycles. The van der Waals surface area contributed by atoms with E-state index in [0.717, 1.165) is 10.4 Å². The topological polar surface area (TPSA) is 57.7 Å². The quantitative estimate of drug-likeness (QED) is 0.428. The molecule has 2 aromatic rings. The van der Waals surface area contributed by atoms with Gasteiger partial charge in [0, 0.05) is 7.05 Å². The van der Waals surface area contributed by atoms with Crippen LogP contribution in [-0.2, 0) is 7.05 Å². The fourth-order valence-corrected chi connectivity index (χ4v) is 1.23. The molecule has 0 bridgehead atoms. The lowest BCUT2D eigenvalue weighted by Gasteiger charge is -2.07. The van der Waals surface area contributed by atoms with E-state index in [9.17, 15) is 5.21 Å². The molecular formula is C8H10N4O. The van der Waals surface area contributed by atoms with Crippen molar-refractivity contribution < 1.29 is 4.73 Å². The fourth-order valence-electron chi connectivity index (χ4n) is 1.23. The molecule has 0 spiro atoms. The Kier molecular flexibility index (Phi) is 1.48. The van der Waals surface area contributed by atoms with Crippen LogP contribution in [0.15, 0.2) is 6.33 Å². The minimum atomic E-state index is 0.380. The Balaban J connectivity index is 2.96. The maximum absolute atomic E-state index is 11.6. The molecule has 0 atom stereocenters. The molecule has 0 aliphatic rings. The van der Waals surface area contributed by atoms with Crippen LogP contribution < -0.4 is 4.73 Å². The zero-order valence-corrected chi connectivity index (χ0v) is 7.77. The maximum atomic E-state index is 11.6. The normalized spacial score (nSPS) is 11.0. The third-order valence-electron chi connectivity index (χ3n) is 2.18. The maximum Gasteiger partial charge on any atom is 0.371 e. The van der Waals surface area contributed by atoms with Crippen molar-refractivity contribution in [3.63, 3.8) is 0 Å². The first-order valence-electron chi connectivity index (χ1n) is 3.99. The van der Waals surface area contributed by atoms with Crippen molar-refractivity contribution in [3.05, 3.63) is 22.9 Å². The molecule has 0 fully saturated rings. The molecule has 13 heavy (non-hydrogen) atoms. The van der Waals surface area contributed by atoms with Gasteiger partial charge in [0.2, 0.25) is 12.0 Å². The van der Waals surface area contributed by atoms with E-state index in [4.69, 9.17) is 0 Å². The van der Waals surface area contributed by atoms with Gasteiger partial charge in [0.05, 0.1) is 5.69 Å². The molecule has 0 unspecified atom stereocenters. The molecule has 5 heteroatoms. The Hall–Kier alpha value is -1.65. The summed E-state index contributed by atoms with van der Waals surface area (Å²) in [5.74, 6) is 0. The highest BCUT2D eigenvalue weighted by Gasteiger charge is 2.14. The van der Waals surface area contributed by atoms with Gasteiger partial charge in [0.15, 0.2) is 0 Å². The number of rotatable bonds is 0. The Labute approximate surface area is 75.2 Å². The SMILES string of the molecule is Cc1nc2c(ncn2C)[n+]([O-])c1C. The Morgan fingerprint density at radius 1 is 1.46 bits per heavy atom. The predicted molar refractivity (Wildman–Crippen MR) is 46.9 cm³/mol. The fraction of sp³-hybridized carbons (Fsp3) is 0.375. The van der Waals surface area contributed by atoms with Crippen molar-refractivity contribution in [1.29, 1.82) is 0 Å². The van der Waals surface area contributed by atoms with Crippen LogP contribution in [0.25, 0.3) is 11.3 Å². The average Bonchev–Trinajstić information content (AvgIpc) is 2.45. The smallest absolute Gasteiger partial charge is 0.371 e. The number of hydrogen-bond acceptors (Lipinski definition) is 3. The largest absolute Gasteiger partial charge is 0.710 e. The van der Waals surface area contributed by atoms with Gasteiger partial charge in [-0.2, -0.15) is 0 Å². The van der Waals surface area contributed by atoms with Crippen LogP contribution in [0.5, 0.6) is 0 Å². The number of hydrogen-bond donors (Lipinski definition) is 0. The van der Waals surface area contributed by atoms with Gasteiger partial charge in [-0.05, 0) is 18.8 Å². The molecule has 0 saturated heterocycles. The highest BCUT2D eigenvalue weighted by atomic mass is 16.5. The standard InChI is InChI=1S/C8H10N4O/c1-5-6(2)12(13)7-8(10-5)11(3)4-9-7/h4H,1-3H3. The van der Waals surface area contributed by atoms with Crippen molar-refractivity contribution in [1.82, 2.24) is 14.5 Å². The van der Waals surface area contributed by atoms with E-state index < -0.39 is 0 Å². The lowest BCUT2D eigenvalue weighted by Crippen LogP contribution is -2.33. The molecule has 0 aliphatic carbocycles. The number of aryl methyl sites for hydroxylation is 2. The van der Waals surface area contributed by atoms with Crippen LogP contribution in [0.3, 0.4) is 0 Å². The van der Waals surface area contributed by atoms with Crippen molar-refractivity contribution in [2.24, 2.45) is 7.05 Å². The van der Waals surface area contributed by atoms with Crippen molar-refractivity contribution in [2.75, 3.05) is 0 Å². The third kappa shape index (κ3) is 0.965. The lowest BCUT2D eigenvalue weighted by molar-refractivity contribution is -0.587. The number of imidazole rings is 1. The van der Waals surface area contributed by atoms with E-state index in [1.165, 1.54) is 0 Å². The summed E-state index contributed by atoms with van der Waals surface area (Å²) in [6.07, 6.45) is 1.59. The van der Waals surface area contributed by atoms with Gasteiger partial charge < -0.3 is 5.21 Å². The van der Waals surface area contributed by atoms with E-state index in [0.29, 0.717) is 17.0 Å². The van der Waals surface area contributed by atoms with Gasteiger partial charge in [-0.25, -0.2) is 9.71 Å². The zero-order valence-electron chi connectivity index (χ0n) is 7.77. The van der Waals surface area contributed by atoms with E-state index in [1.807, 2.05) is 14.0 Å².